The number of hydrogen-bond acceptors (Lipinski definition) is 3. The maximum absolute atomic E-state index is 11.5. The molecule has 0 heterocycles. The third-order valence-electron chi connectivity index (χ3n) is 3.56. The zero-order chi connectivity index (χ0) is 18.8. The quantitative estimate of drug-likeness (QED) is 0.553. The highest BCUT2D eigenvalue weighted by Crippen LogP contribution is 2.09. The lowest BCUT2D eigenvalue weighted by atomic mass is 10.0. The van der Waals surface area contributed by atoms with Crippen molar-refractivity contribution in [3.8, 4) is 0 Å². The van der Waals surface area contributed by atoms with E-state index in [1.807, 2.05) is 89.2 Å². The Morgan fingerprint density at radius 2 is 1.40 bits per heavy atom. The Kier molecular flexibility index (Phi) is 8.62. The first kappa shape index (κ1) is 20.6. The van der Waals surface area contributed by atoms with E-state index < -0.39 is 0 Å². The molecule has 25 heavy (non-hydrogen) atoms. The molecule has 0 amide bonds. The van der Waals surface area contributed by atoms with Gasteiger partial charge in [-0.1, -0.05) is 87.9 Å². The van der Waals surface area contributed by atoms with Gasteiger partial charge in [-0.25, -0.2) is 0 Å². The van der Waals surface area contributed by atoms with Gasteiger partial charge in [-0.2, -0.15) is 0 Å². The predicted octanol–water partition coefficient (Wildman–Crippen LogP) is 5.22. The van der Waals surface area contributed by atoms with E-state index in [4.69, 9.17) is 4.74 Å². The fourth-order valence-electron chi connectivity index (χ4n) is 1.95. The summed E-state index contributed by atoms with van der Waals surface area (Å²) >= 11 is 0. The van der Waals surface area contributed by atoms with Gasteiger partial charge in [0, 0.05) is 11.5 Å². The summed E-state index contributed by atoms with van der Waals surface area (Å²) in [6.45, 7) is 9.88. The average molecular weight is 340 g/mol. The van der Waals surface area contributed by atoms with E-state index in [-0.39, 0.29) is 23.6 Å². The first-order valence-electron chi connectivity index (χ1n) is 8.62. The van der Waals surface area contributed by atoms with Gasteiger partial charge in [-0.15, -0.1) is 0 Å². The molecule has 0 aliphatic heterocycles. The van der Waals surface area contributed by atoms with E-state index in [9.17, 15) is 9.59 Å². The fraction of sp³-hybridized carbons (Fsp3) is 0.364. The molecule has 0 atom stereocenters. The predicted molar refractivity (Wildman–Crippen MR) is 101 cm³/mol. The minimum absolute atomic E-state index is 0.0521. The van der Waals surface area contributed by atoms with Gasteiger partial charge in [-0.3, -0.25) is 9.59 Å². The van der Waals surface area contributed by atoms with Gasteiger partial charge in [0.25, 0.3) is 0 Å². The second kappa shape index (κ2) is 10.4. The number of carbonyl (C=O) groups is 2. The lowest BCUT2D eigenvalue weighted by molar-refractivity contribution is -0.148. The van der Waals surface area contributed by atoms with E-state index in [1.54, 1.807) is 0 Å². The second-order valence-electron chi connectivity index (χ2n) is 6.63. The molecule has 0 radical (unpaired) electrons. The van der Waals surface area contributed by atoms with Crippen LogP contribution in [0.5, 0.6) is 0 Å². The highest BCUT2D eigenvalue weighted by atomic mass is 16.5. The van der Waals surface area contributed by atoms with Crippen LogP contribution in [0.25, 0.3) is 0 Å². The maximum Gasteiger partial charge on any atom is 0.308 e. The first-order chi connectivity index (χ1) is 11.8. The number of ether oxygens (including phenoxy) is 1. The molecule has 0 aromatic heterocycles. The Morgan fingerprint density at radius 3 is 1.88 bits per heavy atom. The number of benzene rings is 2. The smallest absolute Gasteiger partial charge is 0.308 e. The molecule has 0 bridgehead atoms. The van der Waals surface area contributed by atoms with E-state index in [0.29, 0.717) is 6.61 Å². The van der Waals surface area contributed by atoms with Gasteiger partial charge in [0.1, 0.15) is 6.61 Å². The van der Waals surface area contributed by atoms with Crippen LogP contribution in [0.15, 0.2) is 54.6 Å². The van der Waals surface area contributed by atoms with Crippen LogP contribution in [0.1, 0.15) is 49.2 Å². The largest absolute Gasteiger partial charge is 0.461 e. The van der Waals surface area contributed by atoms with Crippen LogP contribution < -0.4 is 0 Å². The van der Waals surface area contributed by atoms with Crippen molar-refractivity contribution in [1.29, 1.82) is 0 Å². The molecule has 2 aromatic rings. The number of ketones is 1. The van der Waals surface area contributed by atoms with Crippen molar-refractivity contribution in [2.75, 3.05) is 0 Å². The zero-order valence-electron chi connectivity index (χ0n) is 15.8. The molecule has 2 rings (SSSR count). The first-order valence-corrected chi connectivity index (χ1v) is 8.62. The Labute approximate surface area is 151 Å². The molecule has 0 saturated carbocycles. The van der Waals surface area contributed by atoms with Crippen LogP contribution in [0.3, 0.4) is 0 Å². The van der Waals surface area contributed by atoms with Crippen LogP contribution >= 0.6 is 0 Å². The van der Waals surface area contributed by atoms with Gasteiger partial charge in [0.15, 0.2) is 5.78 Å². The van der Waals surface area contributed by atoms with E-state index >= 15 is 0 Å². The van der Waals surface area contributed by atoms with Crippen LogP contribution in [-0.4, -0.2) is 11.8 Å². The molecule has 0 spiro atoms. The second-order valence-corrected chi connectivity index (χ2v) is 6.63. The molecule has 0 saturated heterocycles. The normalized spacial score (nSPS) is 10.2. The Hall–Kier alpha value is -2.42. The van der Waals surface area contributed by atoms with Crippen molar-refractivity contribution >= 4 is 11.8 Å². The number of Topliss-reactive ketones (excluding diaryl/α,β-unsaturated/α-hetero) is 1. The molecule has 3 nitrogen and oxygen atoms in total. The highest BCUT2D eigenvalue weighted by Gasteiger charge is 2.09. The Morgan fingerprint density at radius 1 is 0.840 bits per heavy atom. The standard InChI is InChI=1S/C11H14O2.C11H14O/c1-9(2)11(12)13-8-10-6-4-3-5-7-10;1-8(2)11(12)10-6-4-9(3)5-7-10/h3-7,9H,8H2,1-2H3;4-8H,1-3H3. The SMILES string of the molecule is CC(C)C(=O)OCc1ccccc1.Cc1ccc(C(=O)C(C)C)cc1. The monoisotopic (exact) mass is 340 g/mol. The number of aryl methyl sites for hydroxylation is 1. The Bertz CT molecular complexity index is 655. The number of rotatable bonds is 5. The number of hydrogen-bond donors (Lipinski definition) is 0. The summed E-state index contributed by atoms with van der Waals surface area (Å²) in [6.07, 6.45) is 0. The van der Waals surface area contributed by atoms with Crippen molar-refractivity contribution in [2.45, 2.75) is 41.2 Å². The molecule has 0 aliphatic rings. The zero-order valence-corrected chi connectivity index (χ0v) is 15.8. The molecular formula is C22H28O3. The lowest BCUT2D eigenvalue weighted by Crippen LogP contribution is -2.11. The summed E-state index contributed by atoms with van der Waals surface area (Å²) in [5.41, 5.74) is 3.03. The summed E-state index contributed by atoms with van der Waals surface area (Å²) in [7, 11) is 0. The van der Waals surface area contributed by atoms with Gasteiger partial charge < -0.3 is 4.74 Å². The number of carbonyl (C=O) groups excluding carboxylic acids is 2. The van der Waals surface area contributed by atoms with E-state index in [2.05, 4.69) is 0 Å². The topological polar surface area (TPSA) is 43.4 Å². The van der Waals surface area contributed by atoms with Crippen molar-refractivity contribution in [3.63, 3.8) is 0 Å². The summed E-state index contributed by atoms with van der Waals surface area (Å²) in [6, 6.07) is 17.4. The molecule has 3 heteroatoms. The van der Waals surface area contributed by atoms with Crippen LogP contribution in [0.4, 0.5) is 0 Å². The van der Waals surface area contributed by atoms with Gasteiger partial charge in [-0.05, 0) is 12.5 Å². The van der Waals surface area contributed by atoms with Crippen molar-refractivity contribution < 1.29 is 14.3 Å². The maximum atomic E-state index is 11.5. The molecule has 0 unspecified atom stereocenters. The van der Waals surface area contributed by atoms with Gasteiger partial charge >= 0.3 is 5.97 Å². The van der Waals surface area contributed by atoms with E-state index in [0.717, 1.165) is 11.1 Å². The minimum atomic E-state index is -0.149. The Balaban J connectivity index is 0.000000251. The highest BCUT2D eigenvalue weighted by molar-refractivity contribution is 5.97. The molecular weight excluding hydrogens is 312 g/mol. The van der Waals surface area contributed by atoms with Crippen molar-refractivity contribution in [1.82, 2.24) is 0 Å². The third kappa shape index (κ3) is 7.79. The van der Waals surface area contributed by atoms with Crippen LogP contribution in [-0.2, 0) is 16.1 Å². The van der Waals surface area contributed by atoms with Crippen LogP contribution in [0, 0.1) is 18.8 Å². The molecule has 134 valence electrons. The molecule has 0 fully saturated rings. The van der Waals surface area contributed by atoms with Gasteiger partial charge in [0.05, 0.1) is 5.92 Å². The minimum Gasteiger partial charge on any atom is -0.461 e. The lowest BCUT2D eigenvalue weighted by Gasteiger charge is -2.06. The molecule has 0 aliphatic carbocycles. The average Bonchev–Trinajstić information content (AvgIpc) is 2.61. The van der Waals surface area contributed by atoms with Crippen molar-refractivity contribution in [2.24, 2.45) is 11.8 Å². The molecule has 0 N–H and O–H groups in total. The van der Waals surface area contributed by atoms with E-state index in [1.165, 1.54) is 5.56 Å². The number of esters is 1. The summed E-state index contributed by atoms with van der Waals surface area (Å²) in [5, 5.41) is 0. The fourth-order valence-corrected chi connectivity index (χ4v) is 1.95. The summed E-state index contributed by atoms with van der Waals surface area (Å²) in [4.78, 5) is 22.5. The third-order valence-corrected chi connectivity index (χ3v) is 3.56. The summed E-state index contributed by atoms with van der Waals surface area (Å²) < 4.78 is 5.05. The summed E-state index contributed by atoms with van der Waals surface area (Å²) in [5.74, 6) is 0.107. The van der Waals surface area contributed by atoms with Crippen LogP contribution in [0.2, 0.25) is 0 Å². The van der Waals surface area contributed by atoms with Gasteiger partial charge in [0.2, 0.25) is 0 Å². The van der Waals surface area contributed by atoms with Crippen molar-refractivity contribution in [3.05, 3.63) is 71.3 Å². The molecule has 2 aromatic carbocycles.